The maximum atomic E-state index is 14.0. The number of carbonyl (C=O) groups is 2. The number of rotatable bonds is 4. The normalized spacial score (nSPS) is 17.5. The monoisotopic (exact) mass is 461 g/mol. The number of aromatic amines is 1. The second-order valence-electron chi connectivity index (χ2n) is 7.64. The van der Waals surface area contributed by atoms with E-state index in [1.807, 2.05) is 0 Å². The average molecular weight is 461 g/mol. The molecule has 3 aromatic carbocycles. The zero-order valence-electron chi connectivity index (χ0n) is 17.8. The van der Waals surface area contributed by atoms with E-state index in [2.05, 4.69) is 9.97 Å². The van der Waals surface area contributed by atoms with Gasteiger partial charge in [0.25, 0.3) is 5.78 Å². The Balaban J connectivity index is 1.76. The van der Waals surface area contributed by atoms with Gasteiger partial charge in [-0.1, -0.05) is 24.3 Å². The van der Waals surface area contributed by atoms with Crippen molar-refractivity contribution in [3.8, 4) is 5.75 Å². The van der Waals surface area contributed by atoms with Gasteiger partial charge in [0.15, 0.2) is 0 Å². The van der Waals surface area contributed by atoms with Crippen molar-refractivity contribution in [3.63, 3.8) is 0 Å². The lowest BCUT2D eigenvalue weighted by Crippen LogP contribution is -2.30. The molecule has 0 aliphatic carbocycles. The third kappa shape index (κ3) is 3.38. The molecule has 34 heavy (non-hydrogen) atoms. The van der Waals surface area contributed by atoms with Crippen molar-refractivity contribution in [1.82, 2.24) is 9.97 Å². The Labute approximate surface area is 191 Å². The number of aromatic nitrogens is 2. The molecule has 170 valence electrons. The van der Waals surface area contributed by atoms with E-state index in [0.29, 0.717) is 16.6 Å². The van der Waals surface area contributed by atoms with E-state index < -0.39 is 35.1 Å². The average Bonchev–Trinajstić information content (AvgIpc) is 3.37. The molecule has 2 heterocycles. The molecule has 1 fully saturated rings. The Morgan fingerprint density at radius 1 is 1.03 bits per heavy atom. The predicted molar refractivity (Wildman–Crippen MR) is 120 cm³/mol. The Bertz CT molecular complexity index is 1440. The van der Waals surface area contributed by atoms with E-state index in [1.165, 1.54) is 37.4 Å². The van der Waals surface area contributed by atoms with Crippen LogP contribution in [0.15, 0.2) is 72.3 Å². The summed E-state index contributed by atoms with van der Waals surface area (Å²) in [7, 11) is 1.33. The number of nitrogens with zero attached hydrogens (tertiary/aromatic N) is 2. The number of hydrogen-bond donors (Lipinski definition) is 2. The third-order valence-corrected chi connectivity index (χ3v) is 5.65. The second-order valence-corrected chi connectivity index (χ2v) is 7.64. The fourth-order valence-corrected chi connectivity index (χ4v) is 4.08. The highest BCUT2D eigenvalue weighted by Crippen LogP contribution is 2.43. The smallest absolute Gasteiger partial charge is 0.302 e. The Morgan fingerprint density at radius 2 is 1.74 bits per heavy atom. The topological polar surface area (TPSA) is 95.5 Å². The maximum Gasteiger partial charge on any atom is 0.302 e. The van der Waals surface area contributed by atoms with Crippen molar-refractivity contribution in [3.05, 3.63) is 95.1 Å². The molecule has 1 atom stereocenters. The summed E-state index contributed by atoms with van der Waals surface area (Å²) in [6.07, 6.45) is 0. The second kappa shape index (κ2) is 8.11. The van der Waals surface area contributed by atoms with Gasteiger partial charge >= 0.3 is 5.91 Å². The Kier molecular flexibility index (Phi) is 5.09. The fourth-order valence-electron chi connectivity index (χ4n) is 4.08. The van der Waals surface area contributed by atoms with E-state index in [0.717, 1.165) is 17.0 Å². The quantitative estimate of drug-likeness (QED) is 0.266. The first kappa shape index (κ1) is 21.3. The van der Waals surface area contributed by atoms with E-state index in [9.17, 15) is 23.5 Å². The van der Waals surface area contributed by atoms with Gasteiger partial charge in [0.05, 0.1) is 35.3 Å². The number of anilines is 1. The summed E-state index contributed by atoms with van der Waals surface area (Å²) in [6.45, 7) is 0. The molecule has 4 aromatic rings. The number of imidazole rings is 1. The molecule has 2 N–H and O–H groups in total. The number of fused-ring (bicyclic) bond motifs is 1. The van der Waals surface area contributed by atoms with E-state index in [-0.39, 0.29) is 22.8 Å². The summed E-state index contributed by atoms with van der Waals surface area (Å²) in [5, 5.41) is 11.2. The number of ether oxygens (including phenoxy) is 1. The van der Waals surface area contributed by atoms with Gasteiger partial charge in [0.1, 0.15) is 23.1 Å². The van der Waals surface area contributed by atoms with Crippen LogP contribution in [-0.4, -0.2) is 33.9 Å². The number of amides is 1. The van der Waals surface area contributed by atoms with Gasteiger partial charge in [-0.2, -0.15) is 0 Å². The molecule has 1 aliphatic rings. The van der Waals surface area contributed by atoms with Crippen LogP contribution in [0.3, 0.4) is 0 Å². The van der Waals surface area contributed by atoms with Crippen LogP contribution < -0.4 is 9.64 Å². The minimum Gasteiger partial charge on any atom is -0.507 e. The summed E-state index contributed by atoms with van der Waals surface area (Å²) in [4.78, 5) is 34.9. The first-order chi connectivity index (χ1) is 16.4. The zero-order chi connectivity index (χ0) is 24.0. The molecule has 1 amide bonds. The van der Waals surface area contributed by atoms with Gasteiger partial charge in [-0.05, 0) is 48.0 Å². The highest BCUT2D eigenvalue weighted by atomic mass is 19.1. The number of carbonyl (C=O) groups excluding carboxylic acids is 2. The van der Waals surface area contributed by atoms with Gasteiger partial charge in [0, 0.05) is 0 Å². The number of aliphatic hydroxyl groups excluding tert-OH is 1. The number of halogens is 2. The Morgan fingerprint density at radius 3 is 2.44 bits per heavy atom. The number of nitrogens with one attached hydrogen (secondary N) is 1. The number of benzene rings is 3. The summed E-state index contributed by atoms with van der Waals surface area (Å²) >= 11 is 0. The molecule has 0 radical (unpaired) electrons. The fraction of sp³-hybridized carbons (Fsp3) is 0.0800. The first-order valence-electron chi connectivity index (χ1n) is 10.2. The SMILES string of the molecule is COc1ccc(F)cc1/C(O)=C1\C(=O)C(=O)N(c2nc3ccccc3[nH]2)C1c1ccc(F)cc1. The Hall–Kier alpha value is -4.53. The molecule has 1 unspecified atom stereocenters. The molecule has 5 rings (SSSR count). The largest absolute Gasteiger partial charge is 0.507 e. The predicted octanol–water partition coefficient (Wildman–Crippen LogP) is 4.48. The van der Waals surface area contributed by atoms with Crippen LogP contribution in [0.2, 0.25) is 0 Å². The van der Waals surface area contributed by atoms with Crippen molar-refractivity contribution < 1.29 is 28.2 Å². The summed E-state index contributed by atoms with van der Waals surface area (Å²) in [6, 6.07) is 14.5. The third-order valence-electron chi connectivity index (χ3n) is 5.65. The molecule has 1 saturated heterocycles. The van der Waals surface area contributed by atoms with Crippen LogP contribution in [0.5, 0.6) is 5.75 Å². The van der Waals surface area contributed by atoms with Crippen molar-refractivity contribution in [2.24, 2.45) is 0 Å². The number of aliphatic hydroxyl groups is 1. The van der Waals surface area contributed by atoms with Crippen LogP contribution in [0.1, 0.15) is 17.2 Å². The number of methoxy groups -OCH3 is 1. The van der Waals surface area contributed by atoms with Gasteiger partial charge in [-0.15, -0.1) is 0 Å². The van der Waals surface area contributed by atoms with Crippen LogP contribution in [0, 0.1) is 11.6 Å². The molecule has 7 nitrogen and oxygen atoms in total. The zero-order valence-corrected chi connectivity index (χ0v) is 17.8. The molecular weight excluding hydrogens is 444 g/mol. The van der Waals surface area contributed by atoms with E-state index in [1.54, 1.807) is 24.3 Å². The van der Waals surface area contributed by atoms with Crippen LogP contribution >= 0.6 is 0 Å². The van der Waals surface area contributed by atoms with Gasteiger partial charge in [-0.25, -0.2) is 13.8 Å². The van der Waals surface area contributed by atoms with Crippen molar-refractivity contribution in [2.75, 3.05) is 12.0 Å². The molecule has 0 bridgehead atoms. The minimum atomic E-state index is -1.16. The van der Waals surface area contributed by atoms with E-state index >= 15 is 0 Å². The molecular formula is C25H17F2N3O4. The van der Waals surface area contributed by atoms with Crippen LogP contribution in [0.4, 0.5) is 14.7 Å². The van der Waals surface area contributed by atoms with Crippen LogP contribution in [-0.2, 0) is 9.59 Å². The highest BCUT2D eigenvalue weighted by molar-refractivity contribution is 6.51. The first-order valence-corrected chi connectivity index (χ1v) is 10.2. The van der Waals surface area contributed by atoms with Gasteiger partial charge in [-0.3, -0.25) is 14.5 Å². The van der Waals surface area contributed by atoms with Crippen molar-refractivity contribution in [1.29, 1.82) is 0 Å². The molecule has 0 saturated carbocycles. The van der Waals surface area contributed by atoms with Gasteiger partial charge < -0.3 is 14.8 Å². The highest BCUT2D eigenvalue weighted by Gasteiger charge is 2.48. The number of H-pyrrole nitrogens is 1. The number of hydrogen-bond acceptors (Lipinski definition) is 5. The lowest BCUT2D eigenvalue weighted by atomic mass is 9.95. The lowest BCUT2D eigenvalue weighted by Gasteiger charge is -2.23. The summed E-state index contributed by atoms with van der Waals surface area (Å²) in [5.74, 6) is -3.59. The lowest BCUT2D eigenvalue weighted by molar-refractivity contribution is -0.132. The van der Waals surface area contributed by atoms with Crippen molar-refractivity contribution >= 4 is 34.4 Å². The van der Waals surface area contributed by atoms with Crippen LogP contribution in [0.25, 0.3) is 16.8 Å². The maximum absolute atomic E-state index is 14.0. The molecule has 1 aromatic heterocycles. The number of ketones is 1. The summed E-state index contributed by atoms with van der Waals surface area (Å²) < 4.78 is 32.9. The minimum absolute atomic E-state index is 0.0721. The van der Waals surface area contributed by atoms with Gasteiger partial charge in [0.2, 0.25) is 5.95 Å². The number of Topliss-reactive ketones (excluding diaryl/α,β-unsaturated/α-hetero) is 1. The number of para-hydroxylation sites is 2. The molecule has 1 aliphatic heterocycles. The standard InChI is InChI=1S/C25H17F2N3O4/c1-34-19-11-10-15(27)12-16(19)22(31)20-21(13-6-8-14(26)9-7-13)30(24(33)23(20)32)25-28-17-4-2-3-5-18(17)29-25/h2-12,21,31H,1H3,(H,28,29)/b22-20+. The molecule has 9 heteroatoms. The molecule has 0 spiro atoms. The summed E-state index contributed by atoms with van der Waals surface area (Å²) in [5.41, 5.74) is 1.13. The van der Waals surface area contributed by atoms with Crippen molar-refractivity contribution in [2.45, 2.75) is 6.04 Å². The van der Waals surface area contributed by atoms with E-state index in [4.69, 9.17) is 4.74 Å².